The van der Waals surface area contributed by atoms with E-state index in [0.717, 1.165) is 38.5 Å². The molecule has 2 aliphatic rings. The minimum Gasteiger partial charge on any atom is -0.352 e. The zero-order chi connectivity index (χ0) is 23.5. The van der Waals surface area contributed by atoms with E-state index in [-0.39, 0.29) is 24.8 Å². The Labute approximate surface area is 194 Å². The Bertz CT molecular complexity index is 462. The third-order valence-electron chi connectivity index (χ3n) is 5.64. The van der Waals surface area contributed by atoms with E-state index in [2.05, 4.69) is 0 Å². The second kappa shape index (κ2) is 14.2. The normalized spacial score (nSPS) is 32.4. The predicted octanol–water partition coefficient (Wildman–Crippen LogP) is 5.08. The summed E-state index contributed by atoms with van der Waals surface area (Å²) in [4.78, 5) is 0. The van der Waals surface area contributed by atoms with Gasteiger partial charge in [0.1, 0.15) is 0 Å². The van der Waals surface area contributed by atoms with Gasteiger partial charge >= 0.3 is 0 Å². The molecule has 32 heavy (non-hydrogen) atoms. The molecule has 0 aromatic carbocycles. The Morgan fingerprint density at radius 2 is 1.09 bits per heavy atom. The van der Waals surface area contributed by atoms with Crippen LogP contribution in [0.5, 0.6) is 0 Å². The molecule has 0 aromatic rings. The lowest BCUT2D eigenvalue weighted by Gasteiger charge is -2.30. The third-order valence-corrected chi connectivity index (χ3v) is 5.64. The highest BCUT2D eigenvalue weighted by Crippen LogP contribution is 2.31. The van der Waals surface area contributed by atoms with Crippen LogP contribution in [-0.4, -0.2) is 63.2 Å². The Morgan fingerprint density at radius 3 is 1.38 bits per heavy atom. The maximum absolute atomic E-state index is 6.01. The van der Waals surface area contributed by atoms with Crippen molar-refractivity contribution in [1.82, 2.24) is 0 Å². The Hall–Kier alpha value is -0.320. The van der Waals surface area contributed by atoms with Crippen LogP contribution in [-0.2, 0) is 37.9 Å². The van der Waals surface area contributed by atoms with E-state index in [1.807, 2.05) is 41.5 Å². The fraction of sp³-hybridized carbons (Fsp3) is 1.00. The van der Waals surface area contributed by atoms with E-state index in [4.69, 9.17) is 37.9 Å². The molecule has 0 spiro atoms. The molecule has 2 fully saturated rings. The fourth-order valence-electron chi connectivity index (χ4n) is 3.76. The molecule has 0 aliphatic carbocycles. The highest BCUT2D eigenvalue weighted by molar-refractivity contribution is 4.69. The first kappa shape index (κ1) is 27.9. The number of hydrogen-bond acceptors (Lipinski definition) is 8. The maximum atomic E-state index is 6.01. The van der Waals surface area contributed by atoms with Gasteiger partial charge in [0.2, 0.25) is 0 Å². The van der Waals surface area contributed by atoms with Gasteiger partial charge in [0.05, 0.1) is 25.4 Å². The molecular weight excluding hydrogens is 416 g/mol. The van der Waals surface area contributed by atoms with E-state index in [0.29, 0.717) is 39.3 Å². The van der Waals surface area contributed by atoms with Gasteiger partial charge in [-0.15, -0.1) is 0 Å². The van der Waals surface area contributed by atoms with E-state index in [1.165, 1.54) is 0 Å². The Morgan fingerprint density at radius 1 is 0.688 bits per heavy atom. The number of unbranched alkanes of at least 4 members (excludes halogenated alkanes) is 3. The van der Waals surface area contributed by atoms with Crippen LogP contribution in [0.15, 0.2) is 0 Å². The van der Waals surface area contributed by atoms with Gasteiger partial charge in [0.15, 0.2) is 12.6 Å². The van der Waals surface area contributed by atoms with Crippen LogP contribution in [0.25, 0.3) is 0 Å². The van der Waals surface area contributed by atoms with Crippen molar-refractivity contribution in [3.8, 4) is 0 Å². The lowest BCUT2D eigenvalue weighted by atomic mass is 10.2. The number of rotatable bonds is 17. The molecule has 8 heteroatoms. The van der Waals surface area contributed by atoms with Crippen molar-refractivity contribution in [2.24, 2.45) is 0 Å². The van der Waals surface area contributed by atoms with E-state index in [1.54, 1.807) is 0 Å². The molecule has 0 amide bonds. The van der Waals surface area contributed by atoms with Gasteiger partial charge < -0.3 is 28.4 Å². The summed E-state index contributed by atoms with van der Waals surface area (Å²) in [5.41, 5.74) is 0. The molecule has 2 aliphatic heterocycles. The largest absolute Gasteiger partial charge is 0.352 e. The van der Waals surface area contributed by atoms with Crippen LogP contribution < -0.4 is 0 Å². The van der Waals surface area contributed by atoms with Gasteiger partial charge in [-0.25, -0.2) is 0 Å². The molecule has 0 saturated carbocycles. The average molecular weight is 463 g/mol. The van der Waals surface area contributed by atoms with Gasteiger partial charge in [-0.05, 0) is 39.5 Å². The van der Waals surface area contributed by atoms with E-state index >= 15 is 0 Å². The summed E-state index contributed by atoms with van der Waals surface area (Å²) in [6.07, 6.45) is 6.31. The van der Waals surface area contributed by atoms with E-state index < -0.39 is 11.9 Å². The monoisotopic (exact) mass is 462 g/mol. The molecule has 0 aromatic heterocycles. The number of ether oxygens (including phenoxy) is 8. The lowest BCUT2D eigenvalue weighted by Crippen LogP contribution is -2.38. The SMILES string of the molecule is CCC(OCCCCCCOC(CC)OC1(CC)OCC(C)O1)OC1(CC)OCC(C)O1. The molecule has 2 rings (SSSR count). The Balaban J connectivity index is 1.54. The van der Waals surface area contributed by atoms with Crippen molar-refractivity contribution >= 4 is 0 Å². The summed E-state index contributed by atoms with van der Waals surface area (Å²) in [7, 11) is 0. The minimum absolute atomic E-state index is 0.0432. The van der Waals surface area contributed by atoms with Crippen molar-refractivity contribution < 1.29 is 37.9 Å². The summed E-state index contributed by atoms with van der Waals surface area (Å²) in [5, 5.41) is 0. The van der Waals surface area contributed by atoms with Crippen molar-refractivity contribution in [1.29, 1.82) is 0 Å². The molecule has 6 unspecified atom stereocenters. The summed E-state index contributed by atoms with van der Waals surface area (Å²) >= 11 is 0. The summed E-state index contributed by atoms with van der Waals surface area (Å²) in [6, 6.07) is 0. The molecule has 0 bridgehead atoms. The zero-order valence-electron chi connectivity index (χ0n) is 21.1. The smallest absolute Gasteiger partial charge is 0.285 e. The average Bonchev–Trinajstić information content (AvgIpc) is 3.36. The second-order valence-electron chi connectivity index (χ2n) is 8.62. The van der Waals surface area contributed by atoms with Crippen LogP contribution in [0.3, 0.4) is 0 Å². The predicted molar refractivity (Wildman–Crippen MR) is 120 cm³/mol. The van der Waals surface area contributed by atoms with Crippen LogP contribution in [0.2, 0.25) is 0 Å². The van der Waals surface area contributed by atoms with Gasteiger partial charge in [-0.1, -0.05) is 40.5 Å². The molecule has 8 nitrogen and oxygen atoms in total. The van der Waals surface area contributed by atoms with E-state index in [9.17, 15) is 0 Å². The third kappa shape index (κ3) is 8.80. The van der Waals surface area contributed by atoms with Gasteiger partial charge in [-0.2, -0.15) is 0 Å². The summed E-state index contributed by atoms with van der Waals surface area (Å²) < 4.78 is 47.0. The molecule has 190 valence electrons. The highest BCUT2D eigenvalue weighted by atomic mass is 16.9. The van der Waals surface area contributed by atoms with Gasteiger partial charge in [0.25, 0.3) is 11.9 Å². The lowest BCUT2D eigenvalue weighted by molar-refractivity contribution is -0.386. The summed E-state index contributed by atoms with van der Waals surface area (Å²) in [5.74, 6) is -1.92. The second-order valence-corrected chi connectivity index (χ2v) is 8.62. The van der Waals surface area contributed by atoms with Crippen LogP contribution in [0.4, 0.5) is 0 Å². The van der Waals surface area contributed by atoms with Crippen molar-refractivity contribution in [3.63, 3.8) is 0 Å². The standard InChI is InChI=1S/C24H46O8/c1-7-21(31-23(9-3)27-17-19(5)29-23)25-15-13-11-12-14-16-26-22(8-2)32-24(10-4)28-18-20(6)30-24/h19-22H,7-18H2,1-6H3. The molecule has 6 atom stereocenters. The fourth-order valence-corrected chi connectivity index (χ4v) is 3.76. The van der Waals surface area contributed by atoms with Crippen LogP contribution in [0.1, 0.15) is 92.9 Å². The first-order chi connectivity index (χ1) is 15.4. The molecule has 0 radical (unpaired) electrons. The minimum atomic E-state index is -0.960. The molecule has 0 N–H and O–H groups in total. The van der Waals surface area contributed by atoms with Gasteiger partial charge in [0, 0.05) is 26.1 Å². The van der Waals surface area contributed by atoms with Gasteiger partial charge in [-0.3, -0.25) is 9.47 Å². The molecular formula is C24H46O8. The van der Waals surface area contributed by atoms with Crippen LogP contribution in [0, 0.1) is 0 Å². The first-order valence-corrected chi connectivity index (χ1v) is 12.6. The van der Waals surface area contributed by atoms with Crippen molar-refractivity contribution in [3.05, 3.63) is 0 Å². The topological polar surface area (TPSA) is 73.8 Å². The maximum Gasteiger partial charge on any atom is 0.285 e. The molecule has 2 heterocycles. The first-order valence-electron chi connectivity index (χ1n) is 12.6. The summed E-state index contributed by atoms with van der Waals surface area (Å²) in [6.45, 7) is 14.5. The Kier molecular flexibility index (Phi) is 12.4. The quantitative estimate of drug-likeness (QED) is 0.219. The van der Waals surface area contributed by atoms with Crippen molar-refractivity contribution in [2.75, 3.05) is 26.4 Å². The highest BCUT2D eigenvalue weighted by Gasteiger charge is 2.42. The molecule has 2 saturated heterocycles. The van der Waals surface area contributed by atoms with Crippen LogP contribution >= 0.6 is 0 Å². The van der Waals surface area contributed by atoms with Crippen molar-refractivity contribution in [2.45, 2.75) is 130 Å². The zero-order valence-corrected chi connectivity index (χ0v) is 21.1. The number of hydrogen-bond donors (Lipinski definition) is 0.